The maximum atomic E-state index is 11.4. The van der Waals surface area contributed by atoms with Crippen LogP contribution in [0.15, 0.2) is 6.33 Å². The van der Waals surface area contributed by atoms with Crippen LogP contribution < -0.4 is 0 Å². The van der Waals surface area contributed by atoms with E-state index in [1.807, 2.05) is 11.6 Å². The summed E-state index contributed by atoms with van der Waals surface area (Å²) in [6, 6.07) is 0. The minimum atomic E-state index is 0.363. The second-order valence-electron chi connectivity index (χ2n) is 4.89. The van der Waals surface area contributed by atoms with Crippen molar-refractivity contribution in [1.29, 1.82) is 0 Å². The third-order valence-corrected chi connectivity index (χ3v) is 2.62. The Bertz CT molecular complexity index is 344. The highest BCUT2D eigenvalue weighted by atomic mass is 16.1. The lowest BCUT2D eigenvalue weighted by Gasteiger charge is -2.08. The Morgan fingerprint density at radius 1 is 1.41 bits per heavy atom. The predicted octanol–water partition coefficient (Wildman–Crippen LogP) is 2.63. The highest BCUT2D eigenvalue weighted by molar-refractivity contribution is 5.78. The van der Waals surface area contributed by atoms with Crippen molar-refractivity contribution >= 4 is 5.78 Å². The third kappa shape index (κ3) is 5.11. The molecule has 0 spiro atoms. The average molecular weight is 237 g/mol. The minimum Gasteiger partial charge on any atom is -0.300 e. The molecule has 1 aromatic rings. The maximum Gasteiger partial charge on any atom is 0.138 e. The van der Waals surface area contributed by atoms with Gasteiger partial charge in [-0.25, -0.2) is 9.67 Å². The van der Waals surface area contributed by atoms with E-state index in [4.69, 9.17) is 0 Å². The van der Waals surface area contributed by atoms with E-state index in [1.54, 1.807) is 6.33 Å². The van der Waals surface area contributed by atoms with Crippen LogP contribution >= 0.6 is 0 Å². The zero-order valence-electron chi connectivity index (χ0n) is 11.1. The summed E-state index contributed by atoms with van der Waals surface area (Å²) in [5.74, 6) is 1.93. The van der Waals surface area contributed by atoms with Crippen molar-refractivity contribution in [3.8, 4) is 0 Å². The topological polar surface area (TPSA) is 47.8 Å². The van der Waals surface area contributed by atoms with Crippen LogP contribution in [-0.2, 0) is 17.8 Å². The molecule has 1 heterocycles. The SMILES string of the molecule is CCCC(=O)CCCc1ncnn1CC(C)C. The molecule has 4 nitrogen and oxygen atoms in total. The van der Waals surface area contributed by atoms with Crippen LogP contribution in [0.3, 0.4) is 0 Å². The van der Waals surface area contributed by atoms with Crippen molar-refractivity contribution in [2.24, 2.45) is 5.92 Å². The van der Waals surface area contributed by atoms with Crippen molar-refractivity contribution in [3.05, 3.63) is 12.2 Å². The number of carbonyl (C=O) groups is 1. The first kappa shape index (κ1) is 13.9. The zero-order valence-corrected chi connectivity index (χ0v) is 11.1. The van der Waals surface area contributed by atoms with Crippen LogP contribution in [0.1, 0.15) is 52.3 Å². The number of aromatic nitrogens is 3. The van der Waals surface area contributed by atoms with Crippen LogP contribution in [0.2, 0.25) is 0 Å². The standard InChI is InChI=1S/C13H23N3O/c1-4-6-12(17)7-5-8-13-14-10-15-16(13)9-11(2)3/h10-11H,4-9H2,1-3H3. The number of aryl methyl sites for hydroxylation is 1. The second-order valence-corrected chi connectivity index (χ2v) is 4.89. The summed E-state index contributed by atoms with van der Waals surface area (Å²) >= 11 is 0. The normalized spacial score (nSPS) is 11.1. The first-order valence-corrected chi connectivity index (χ1v) is 6.51. The van der Waals surface area contributed by atoms with E-state index in [-0.39, 0.29) is 0 Å². The van der Waals surface area contributed by atoms with Crippen LogP contribution in [0.5, 0.6) is 0 Å². The van der Waals surface area contributed by atoms with E-state index in [0.717, 1.165) is 31.6 Å². The van der Waals surface area contributed by atoms with Gasteiger partial charge < -0.3 is 0 Å². The van der Waals surface area contributed by atoms with Gasteiger partial charge >= 0.3 is 0 Å². The van der Waals surface area contributed by atoms with Crippen LogP contribution in [0, 0.1) is 5.92 Å². The first-order valence-electron chi connectivity index (χ1n) is 6.51. The summed E-state index contributed by atoms with van der Waals surface area (Å²) in [5, 5.41) is 4.21. The molecule has 1 rings (SSSR count). The summed E-state index contributed by atoms with van der Waals surface area (Å²) in [6.45, 7) is 7.27. The van der Waals surface area contributed by atoms with Gasteiger partial charge in [0.25, 0.3) is 0 Å². The highest BCUT2D eigenvalue weighted by Crippen LogP contribution is 2.06. The molecule has 0 saturated heterocycles. The molecular weight excluding hydrogens is 214 g/mol. The fraction of sp³-hybridized carbons (Fsp3) is 0.769. The molecule has 1 aromatic heterocycles. The van der Waals surface area contributed by atoms with Crippen molar-refractivity contribution in [1.82, 2.24) is 14.8 Å². The molecule has 0 fully saturated rings. The first-order chi connectivity index (χ1) is 8.13. The lowest BCUT2D eigenvalue weighted by Crippen LogP contribution is -2.10. The predicted molar refractivity (Wildman–Crippen MR) is 67.7 cm³/mol. The fourth-order valence-corrected chi connectivity index (χ4v) is 1.83. The summed E-state index contributed by atoms with van der Waals surface area (Å²) in [6.07, 6.45) is 5.66. The molecule has 0 atom stereocenters. The monoisotopic (exact) mass is 237 g/mol. The van der Waals surface area contributed by atoms with E-state index in [0.29, 0.717) is 24.5 Å². The maximum absolute atomic E-state index is 11.4. The van der Waals surface area contributed by atoms with Crippen LogP contribution in [-0.4, -0.2) is 20.5 Å². The Labute approximate surface area is 103 Å². The molecule has 0 aliphatic rings. The molecule has 0 radical (unpaired) electrons. The van der Waals surface area contributed by atoms with Gasteiger partial charge in [-0.2, -0.15) is 5.10 Å². The molecule has 0 N–H and O–H groups in total. The molecule has 0 amide bonds. The smallest absolute Gasteiger partial charge is 0.138 e. The van der Waals surface area contributed by atoms with Gasteiger partial charge in [0.15, 0.2) is 0 Å². The minimum absolute atomic E-state index is 0.363. The quantitative estimate of drug-likeness (QED) is 0.698. The Morgan fingerprint density at radius 2 is 2.18 bits per heavy atom. The van der Waals surface area contributed by atoms with E-state index < -0.39 is 0 Å². The summed E-state index contributed by atoms with van der Waals surface area (Å²) in [7, 11) is 0. The molecule has 0 aromatic carbocycles. The number of ketones is 1. The van der Waals surface area contributed by atoms with E-state index in [9.17, 15) is 4.79 Å². The van der Waals surface area contributed by atoms with Gasteiger partial charge in [0, 0.05) is 25.8 Å². The second kappa shape index (κ2) is 7.20. The summed E-state index contributed by atoms with van der Waals surface area (Å²) < 4.78 is 1.95. The molecule has 0 saturated carbocycles. The van der Waals surface area contributed by atoms with Crippen molar-refractivity contribution in [2.45, 2.75) is 59.4 Å². The Balaban J connectivity index is 2.36. The molecule has 0 bridgehead atoms. The Kier molecular flexibility index (Phi) is 5.87. The molecule has 0 aliphatic carbocycles. The Hall–Kier alpha value is -1.19. The summed E-state index contributed by atoms with van der Waals surface area (Å²) in [4.78, 5) is 15.6. The fourth-order valence-electron chi connectivity index (χ4n) is 1.83. The number of Topliss-reactive ketones (excluding diaryl/α,β-unsaturated/α-hetero) is 1. The lowest BCUT2D eigenvalue weighted by atomic mass is 10.1. The number of rotatable bonds is 8. The van der Waals surface area contributed by atoms with Gasteiger partial charge in [0.05, 0.1) is 0 Å². The molecule has 17 heavy (non-hydrogen) atoms. The lowest BCUT2D eigenvalue weighted by molar-refractivity contribution is -0.119. The Morgan fingerprint density at radius 3 is 2.82 bits per heavy atom. The van der Waals surface area contributed by atoms with Gasteiger partial charge in [0.2, 0.25) is 0 Å². The van der Waals surface area contributed by atoms with Crippen LogP contribution in [0.25, 0.3) is 0 Å². The molecular formula is C13H23N3O. The average Bonchev–Trinajstić information content (AvgIpc) is 2.65. The largest absolute Gasteiger partial charge is 0.300 e. The number of carbonyl (C=O) groups excluding carboxylic acids is 1. The molecule has 0 unspecified atom stereocenters. The molecule has 4 heteroatoms. The van der Waals surface area contributed by atoms with E-state index >= 15 is 0 Å². The molecule has 0 aliphatic heterocycles. The van der Waals surface area contributed by atoms with Crippen LogP contribution in [0.4, 0.5) is 0 Å². The van der Waals surface area contributed by atoms with Gasteiger partial charge in [-0.1, -0.05) is 20.8 Å². The third-order valence-electron chi connectivity index (χ3n) is 2.62. The van der Waals surface area contributed by atoms with Crippen molar-refractivity contribution in [3.63, 3.8) is 0 Å². The number of nitrogens with zero attached hydrogens (tertiary/aromatic N) is 3. The highest BCUT2D eigenvalue weighted by Gasteiger charge is 2.07. The van der Waals surface area contributed by atoms with E-state index in [1.165, 1.54) is 0 Å². The molecule has 96 valence electrons. The van der Waals surface area contributed by atoms with Gasteiger partial charge in [-0.05, 0) is 18.8 Å². The summed E-state index contributed by atoms with van der Waals surface area (Å²) in [5.41, 5.74) is 0. The number of hydrogen-bond acceptors (Lipinski definition) is 3. The zero-order chi connectivity index (χ0) is 12.7. The van der Waals surface area contributed by atoms with Gasteiger partial charge in [0.1, 0.15) is 17.9 Å². The van der Waals surface area contributed by atoms with Gasteiger partial charge in [-0.3, -0.25) is 4.79 Å². The van der Waals surface area contributed by atoms with E-state index in [2.05, 4.69) is 23.9 Å². The van der Waals surface area contributed by atoms with Gasteiger partial charge in [-0.15, -0.1) is 0 Å². The van der Waals surface area contributed by atoms with Crippen molar-refractivity contribution < 1.29 is 4.79 Å². The van der Waals surface area contributed by atoms with Crippen molar-refractivity contribution in [2.75, 3.05) is 0 Å². The number of hydrogen-bond donors (Lipinski definition) is 0.